The van der Waals surface area contributed by atoms with Crippen LogP contribution in [0, 0.1) is 12.1 Å². The molecule has 0 aliphatic heterocycles. The fraction of sp³-hybridized carbons (Fsp3) is 0.500. The molecule has 0 heterocycles. The topological polar surface area (TPSA) is 0 Å². The van der Waals surface area contributed by atoms with Gasteiger partial charge in [-0.3, -0.25) is 0 Å². The van der Waals surface area contributed by atoms with Crippen molar-refractivity contribution in [3.63, 3.8) is 0 Å². The van der Waals surface area contributed by atoms with E-state index in [0.29, 0.717) is 0 Å². The fourth-order valence-electron chi connectivity index (χ4n) is 2.69. The quantitative estimate of drug-likeness (QED) is 0.229. The first-order valence-electron chi connectivity index (χ1n) is 9.76. The Morgan fingerprint density at radius 2 is 0.920 bits per heavy atom. The van der Waals surface area contributed by atoms with E-state index in [1.165, 1.54) is 75.3 Å². The van der Waals surface area contributed by atoms with Crippen LogP contribution in [0.15, 0.2) is 48.5 Å². The van der Waals surface area contributed by atoms with Gasteiger partial charge in [-0.1, -0.05) is 78.1 Å². The first-order valence-corrected chi connectivity index (χ1v) is 9.76. The SMILES string of the molecule is CCCCCCc1cc[c-]cc1.CCCCCCc1cc[c-]cc1.[Zn+2]. The zero-order chi connectivity index (χ0) is 17.3. The largest absolute Gasteiger partial charge is 2.00 e. The van der Waals surface area contributed by atoms with E-state index in [-0.39, 0.29) is 19.5 Å². The average molecular weight is 388 g/mol. The first kappa shape index (κ1) is 24.1. The van der Waals surface area contributed by atoms with E-state index in [4.69, 9.17) is 0 Å². The van der Waals surface area contributed by atoms with Crippen molar-refractivity contribution in [2.45, 2.75) is 78.1 Å². The maximum Gasteiger partial charge on any atom is 2.00 e. The third-order valence-electron chi connectivity index (χ3n) is 4.21. The number of aryl methyl sites for hydroxylation is 2. The zero-order valence-electron chi connectivity index (χ0n) is 16.4. The molecule has 0 aromatic heterocycles. The van der Waals surface area contributed by atoms with Crippen LogP contribution in [0.3, 0.4) is 0 Å². The maximum absolute atomic E-state index is 3.03. The van der Waals surface area contributed by atoms with Gasteiger partial charge in [-0.25, -0.2) is 0 Å². The molecular formula is C24H34Zn. The Morgan fingerprint density at radius 1 is 0.560 bits per heavy atom. The first-order chi connectivity index (χ1) is 11.9. The Labute approximate surface area is 169 Å². The standard InChI is InChI=1S/2C12H17.Zn/c2*1-2-3-4-6-9-12-10-7-5-8-11-12;/h2*7-8,10-11H,2-4,6,9H2,1H3;/q2*-1;+2. The molecule has 0 nitrogen and oxygen atoms in total. The van der Waals surface area contributed by atoms with Crippen molar-refractivity contribution in [2.24, 2.45) is 0 Å². The predicted octanol–water partition coefficient (Wildman–Crippen LogP) is 7.22. The second-order valence-electron chi connectivity index (χ2n) is 6.44. The van der Waals surface area contributed by atoms with Gasteiger partial charge in [-0.15, -0.1) is 0 Å². The smallest absolute Gasteiger partial charge is 0.184 e. The fourth-order valence-corrected chi connectivity index (χ4v) is 2.69. The Bertz CT molecular complexity index is 430. The van der Waals surface area contributed by atoms with Gasteiger partial charge in [-0.05, 0) is 0 Å². The summed E-state index contributed by atoms with van der Waals surface area (Å²) < 4.78 is 0. The summed E-state index contributed by atoms with van der Waals surface area (Å²) in [6.45, 7) is 4.49. The van der Waals surface area contributed by atoms with Gasteiger partial charge in [0.25, 0.3) is 0 Å². The van der Waals surface area contributed by atoms with Gasteiger partial charge < -0.3 is 0 Å². The number of benzene rings is 2. The molecule has 0 saturated carbocycles. The summed E-state index contributed by atoms with van der Waals surface area (Å²) in [5.41, 5.74) is 2.90. The minimum absolute atomic E-state index is 0. The number of rotatable bonds is 10. The van der Waals surface area contributed by atoms with Crippen LogP contribution in [0.25, 0.3) is 0 Å². The van der Waals surface area contributed by atoms with Gasteiger partial charge in [0, 0.05) is 0 Å². The van der Waals surface area contributed by atoms with Crippen LogP contribution in [0.5, 0.6) is 0 Å². The molecule has 0 radical (unpaired) electrons. The predicted molar refractivity (Wildman–Crippen MR) is 106 cm³/mol. The third-order valence-corrected chi connectivity index (χ3v) is 4.21. The summed E-state index contributed by atoms with van der Waals surface area (Å²) >= 11 is 0. The second-order valence-corrected chi connectivity index (χ2v) is 6.44. The summed E-state index contributed by atoms with van der Waals surface area (Å²) in [4.78, 5) is 0. The van der Waals surface area contributed by atoms with E-state index in [9.17, 15) is 0 Å². The Morgan fingerprint density at radius 3 is 1.24 bits per heavy atom. The molecule has 0 spiro atoms. The molecule has 2 aromatic carbocycles. The van der Waals surface area contributed by atoms with Crippen LogP contribution < -0.4 is 0 Å². The summed E-state index contributed by atoms with van der Waals surface area (Å²) in [5.74, 6) is 0. The van der Waals surface area contributed by atoms with Crippen molar-refractivity contribution < 1.29 is 19.5 Å². The van der Waals surface area contributed by atoms with Gasteiger partial charge in [0.2, 0.25) is 0 Å². The maximum atomic E-state index is 3.03. The summed E-state index contributed by atoms with van der Waals surface area (Å²) in [6, 6.07) is 22.7. The van der Waals surface area contributed by atoms with Gasteiger partial charge >= 0.3 is 19.5 Å². The van der Waals surface area contributed by atoms with Crippen molar-refractivity contribution in [3.8, 4) is 0 Å². The normalized spacial score (nSPS) is 9.68. The number of hydrogen-bond donors (Lipinski definition) is 0. The van der Waals surface area contributed by atoms with Gasteiger partial charge in [0.05, 0.1) is 0 Å². The third kappa shape index (κ3) is 14.0. The summed E-state index contributed by atoms with van der Waals surface area (Å²) in [6.07, 6.45) is 13.3. The molecule has 0 unspecified atom stereocenters. The van der Waals surface area contributed by atoms with Crippen LogP contribution in [-0.2, 0) is 32.3 Å². The van der Waals surface area contributed by atoms with Crippen LogP contribution in [0.4, 0.5) is 0 Å². The molecule has 2 rings (SSSR count). The minimum Gasteiger partial charge on any atom is -0.184 e. The Balaban J connectivity index is 0.000000443. The molecule has 0 aliphatic carbocycles. The molecule has 0 atom stereocenters. The monoisotopic (exact) mass is 386 g/mol. The van der Waals surface area contributed by atoms with Crippen molar-refractivity contribution >= 4 is 0 Å². The average Bonchev–Trinajstić information content (AvgIpc) is 2.65. The Hall–Kier alpha value is -0.937. The van der Waals surface area contributed by atoms with Crippen molar-refractivity contribution in [1.82, 2.24) is 0 Å². The van der Waals surface area contributed by atoms with E-state index in [1.807, 2.05) is 24.3 Å². The van der Waals surface area contributed by atoms with E-state index < -0.39 is 0 Å². The molecule has 25 heavy (non-hydrogen) atoms. The Kier molecular flexibility index (Phi) is 17.2. The van der Waals surface area contributed by atoms with E-state index in [2.05, 4.69) is 50.2 Å². The minimum atomic E-state index is 0. The zero-order valence-corrected chi connectivity index (χ0v) is 19.4. The van der Waals surface area contributed by atoms with E-state index in [0.717, 1.165) is 0 Å². The number of hydrogen-bond acceptors (Lipinski definition) is 0. The molecule has 2 aromatic rings. The van der Waals surface area contributed by atoms with Gasteiger partial charge in [0.15, 0.2) is 0 Å². The molecule has 0 saturated heterocycles. The summed E-state index contributed by atoms with van der Waals surface area (Å²) in [5, 5.41) is 0. The molecule has 1 heteroatoms. The summed E-state index contributed by atoms with van der Waals surface area (Å²) in [7, 11) is 0. The molecule has 132 valence electrons. The molecule has 0 fully saturated rings. The number of unbranched alkanes of at least 4 members (excludes halogenated alkanes) is 6. The molecule has 0 bridgehead atoms. The van der Waals surface area contributed by atoms with E-state index >= 15 is 0 Å². The van der Waals surface area contributed by atoms with Gasteiger partial charge in [0.1, 0.15) is 0 Å². The van der Waals surface area contributed by atoms with Crippen molar-refractivity contribution in [1.29, 1.82) is 0 Å². The second kappa shape index (κ2) is 17.9. The van der Waals surface area contributed by atoms with Gasteiger partial charge in [-0.2, -0.15) is 71.8 Å². The van der Waals surface area contributed by atoms with Crippen molar-refractivity contribution in [3.05, 3.63) is 71.8 Å². The molecule has 0 amide bonds. The molecular weight excluding hydrogens is 354 g/mol. The van der Waals surface area contributed by atoms with Crippen molar-refractivity contribution in [2.75, 3.05) is 0 Å². The van der Waals surface area contributed by atoms with Crippen LogP contribution in [0.2, 0.25) is 0 Å². The molecule has 0 N–H and O–H groups in total. The van der Waals surface area contributed by atoms with Crippen LogP contribution in [-0.4, -0.2) is 0 Å². The van der Waals surface area contributed by atoms with Crippen LogP contribution >= 0.6 is 0 Å². The van der Waals surface area contributed by atoms with Crippen LogP contribution in [0.1, 0.15) is 76.3 Å². The molecule has 0 aliphatic rings. The van der Waals surface area contributed by atoms with E-state index in [1.54, 1.807) is 0 Å².